The van der Waals surface area contributed by atoms with Crippen molar-refractivity contribution in [1.82, 2.24) is 10.6 Å². The lowest BCUT2D eigenvalue weighted by atomic mass is 10.0. The van der Waals surface area contributed by atoms with Crippen LogP contribution in [0.5, 0.6) is 0 Å². The topological polar surface area (TPSA) is 24.1 Å². The summed E-state index contributed by atoms with van der Waals surface area (Å²) in [7, 11) is 1.80. The van der Waals surface area contributed by atoms with Gasteiger partial charge >= 0.3 is 6.18 Å². The number of hydrogen-bond acceptors (Lipinski definition) is 2. The summed E-state index contributed by atoms with van der Waals surface area (Å²) in [6, 6.07) is 4.42. The molecule has 0 heterocycles. The van der Waals surface area contributed by atoms with Gasteiger partial charge in [0.1, 0.15) is 0 Å². The van der Waals surface area contributed by atoms with E-state index in [1.54, 1.807) is 20.0 Å². The fraction of sp³-hybridized carbons (Fsp3) is 0.500. The second-order valence-electron chi connectivity index (χ2n) is 3.94. The molecular formula is C12H17F3N2. The van der Waals surface area contributed by atoms with Crippen LogP contribution in [0.4, 0.5) is 13.2 Å². The van der Waals surface area contributed by atoms with E-state index in [0.29, 0.717) is 17.7 Å². The predicted molar refractivity (Wildman–Crippen MR) is 61.8 cm³/mol. The zero-order chi connectivity index (χ0) is 12.9. The maximum absolute atomic E-state index is 12.8. The fourth-order valence-electron chi connectivity index (χ4n) is 1.54. The summed E-state index contributed by atoms with van der Waals surface area (Å²) in [4.78, 5) is 0. The fourth-order valence-corrected chi connectivity index (χ4v) is 1.54. The molecule has 1 aromatic rings. The predicted octanol–water partition coefficient (Wildman–Crippen LogP) is 2.32. The number of benzene rings is 1. The monoisotopic (exact) mass is 246 g/mol. The van der Waals surface area contributed by atoms with Crippen molar-refractivity contribution >= 4 is 0 Å². The van der Waals surface area contributed by atoms with Crippen LogP contribution in [0.1, 0.15) is 16.7 Å². The van der Waals surface area contributed by atoms with Gasteiger partial charge in [-0.3, -0.25) is 0 Å². The highest BCUT2D eigenvalue weighted by Crippen LogP contribution is 2.32. The Morgan fingerprint density at radius 1 is 1.18 bits per heavy atom. The summed E-state index contributed by atoms with van der Waals surface area (Å²) in [6.07, 6.45) is -4.29. The van der Waals surface area contributed by atoms with Gasteiger partial charge in [0.05, 0.1) is 5.56 Å². The summed E-state index contributed by atoms with van der Waals surface area (Å²) in [5, 5.41) is 5.90. The number of halogens is 3. The molecule has 1 rings (SSSR count). The summed E-state index contributed by atoms with van der Waals surface area (Å²) in [5.74, 6) is 0. The molecule has 0 saturated carbocycles. The molecule has 0 fully saturated rings. The van der Waals surface area contributed by atoms with Crippen LogP contribution in [0, 0.1) is 6.92 Å². The number of nitrogens with one attached hydrogen (secondary N) is 2. The van der Waals surface area contributed by atoms with Crippen LogP contribution in [-0.4, -0.2) is 20.1 Å². The summed E-state index contributed by atoms with van der Waals surface area (Å²) < 4.78 is 38.3. The van der Waals surface area contributed by atoms with Crippen molar-refractivity contribution in [2.75, 3.05) is 20.1 Å². The van der Waals surface area contributed by atoms with Gasteiger partial charge in [-0.05, 0) is 25.6 Å². The highest BCUT2D eigenvalue weighted by molar-refractivity contribution is 5.33. The van der Waals surface area contributed by atoms with Gasteiger partial charge in [0.2, 0.25) is 0 Å². The number of likely N-dealkylation sites (N-methyl/N-ethyl adjacent to an activating group) is 1. The lowest BCUT2D eigenvalue weighted by molar-refractivity contribution is -0.138. The van der Waals surface area contributed by atoms with Crippen molar-refractivity contribution < 1.29 is 13.2 Å². The Labute approximate surface area is 99.2 Å². The Hall–Kier alpha value is -1.07. The van der Waals surface area contributed by atoms with Crippen molar-refractivity contribution in [3.8, 4) is 0 Å². The van der Waals surface area contributed by atoms with Crippen molar-refractivity contribution in [3.05, 3.63) is 34.9 Å². The summed E-state index contributed by atoms with van der Waals surface area (Å²) in [5.41, 5.74) is 0.366. The average Bonchev–Trinajstić information content (AvgIpc) is 2.25. The Bertz CT molecular complexity index is 361. The van der Waals surface area contributed by atoms with E-state index in [1.165, 1.54) is 12.1 Å². The molecule has 1 aromatic carbocycles. The maximum Gasteiger partial charge on any atom is 0.416 e. The normalized spacial score (nSPS) is 11.8. The Balaban J connectivity index is 2.77. The maximum atomic E-state index is 12.8. The third-order valence-corrected chi connectivity index (χ3v) is 2.44. The second kappa shape index (κ2) is 6.02. The largest absolute Gasteiger partial charge is 0.416 e. The molecule has 96 valence electrons. The highest BCUT2D eigenvalue weighted by atomic mass is 19.4. The smallest absolute Gasteiger partial charge is 0.318 e. The van der Waals surface area contributed by atoms with Crippen molar-refractivity contribution in [2.45, 2.75) is 19.6 Å². The lowest BCUT2D eigenvalue weighted by Gasteiger charge is -2.14. The van der Waals surface area contributed by atoms with E-state index in [9.17, 15) is 13.2 Å². The average molecular weight is 246 g/mol. The van der Waals surface area contributed by atoms with E-state index in [-0.39, 0.29) is 6.54 Å². The van der Waals surface area contributed by atoms with Crippen molar-refractivity contribution in [3.63, 3.8) is 0 Å². The third-order valence-electron chi connectivity index (χ3n) is 2.44. The van der Waals surface area contributed by atoms with Gasteiger partial charge in [0.25, 0.3) is 0 Å². The van der Waals surface area contributed by atoms with Crippen LogP contribution in [0.15, 0.2) is 18.2 Å². The van der Waals surface area contributed by atoms with E-state index in [2.05, 4.69) is 10.6 Å². The molecule has 0 aliphatic rings. The molecule has 0 aliphatic heterocycles. The van der Waals surface area contributed by atoms with Crippen LogP contribution in [-0.2, 0) is 12.7 Å². The van der Waals surface area contributed by atoms with Gasteiger partial charge in [-0.15, -0.1) is 0 Å². The number of alkyl halides is 3. The van der Waals surface area contributed by atoms with Crippen molar-refractivity contribution in [2.24, 2.45) is 0 Å². The molecule has 0 unspecified atom stereocenters. The highest BCUT2D eigenvalue weighted by Gasteiger charge is 2.33. The van der Waals surface area contributed by atoms with E-state index in [4.69, 9.17) is 0 Å². The molecule has 2 N–H and O–H groups in total. The Morgan fingerprint density at radius 3 is 2.47 bits per heavy atom. The molecule has 0 aliphatic carbocycles. The number of rotatable bonds is 5. The zero-order valence-corrected chi connectivity index (χ0v) is 9.99. The van der Waals surface area contributed by atoms with E-state index in [1.807, 2.05) is 0 Å². The van der Waals surface area contributed by atoms with Crippen LogP contribution < -0.4 is 10.6 Å². The molecule has 0 bridgehead atoms. The van der Waals surface area contributed by atoms with E-state index < -0.39 is 11.7 Å². The molecule has 0 saturated heterocycles. The minimum Gasteiger partial charge on any atom is -0.318 e. The first-order valence-corrected chi connectivity index (χ1v) is 5.47. The Morgan fingerprint density at radius 2 is 1.88 bits per heavy atom. The minimum absolute atomic E-state index is 0.233. The SMILES string of the molecule is CNCCNCc1ccc(C)cc1C(F)(F)F. The van der Waals surface area contributed by atoms with Crippen LogP contribution >= 0.6 is 0 Å². The molecule has 5 heteroatoms. The molecule has 0 radical (unpaired) electrons. The quantitative estimate of drug-likeness (QED) is 0.779. The molecule has 0 aromatic heterocycles. The van der Waals surface area contributed by atoms with Gasteiger partial charge in [0.15, 0.2) is 0 Å². The van der Waals surface area contributed by atoms with Crippen LogP contribution in [0.3, 0.4) is 0 Å². The second-order valence-corrected chi connectivity index (χ2v) is 3.94. The first-order chi connectivity index (χ1) is 7.95. The van der Waals surface area contributed by atoms with Gasteiger partial charge in [0, 0.05) is 19.6 Å². The molecular weight excluding hydrogens is 229 g/mol. The zero-order valence-electron chi connectivity index (χ0n) is 9.99. The molecule has 17 heavy (non-hydrogen) atoms. The van der Waals surface area contributed by atoms with Crippen LogP contribution in [0.25, 0.3) is 0 Å². The third kappa shape index (κ3) is 4.36. The number of aryl methyl sites for hydroxylation is 1. The summed E-state index contributed by atoms with van der Waals surface area (Å²) in [6.45, 7) is 3.26. The lowest BCUT2D eigenvalue weighted by Crippen LogP contribution is -2.25. The van der Waals surface area contributed by atoms with Gasteiger partial charge in [-0.1, -0.05) is 17.7 Å². The number of hydrogen-bond donors (Lipinski definition) is 2. The molecule has 0 amide bonds. The summed E-state index contributed by atoms with van der Waals surface area (Å²) >= 11 is 0. The molecule has 0 atom stereocenters. The van der Waals surface area contributed by atoms with Crippen molar-refractivity contribution in [1.29, 1.82) is 0 Å². The minimum atomic E-state index is -4.29. The van der Waals surface area contributed by atoms with E-state index >= 15 is 0 Å². The Kier molecular flexibility index (Phi) is 4.96. The first-order valence-electron chi connectivity index (χ1n) is 5.47. The first kappa shape index (κ1) is 14.0. The van der Waals surface area contributed by atoms with Gasteiger partial charge in [-0.25, -0.2) is 0 Å². The molecule has 0 spiro atoms. The standard InChI is InChI=1S/C12H17F3N2/c1-9-3-4-10(8-17-6-5-16-2)11(7-9)12(13,14)15/h3-4,7,16-17H,5-6,8H2,1-2H3. The van der Waals surface area contributed by atoms with Gasteiger partial charge in [-0.2, -0.15) is 13.2 Å². The van der Waals surface area contributed by atoms with Crippen LogP contribution in [0.2, 0.25) is 0 Å². The molecule has 2 nitrogen and oxygen atoms in total. The van der Waals surface area contributed by atoms with E-state index in [0.717, 1.165) is 6.54 Å². The van der Waals surface area contributed by atoms with Gasteiger partial charge < -0.3 is 10.6 Å².